The van der Waals surface area contributed by atoms with E-state index in [2.05, 4.69) is 69.1 Å². The highest BCUT2D eigenvalue weighted by molar-refractivity contribution is 6.05. The van der Waals surface area contributed by atoms with Gasteiger partial charge in [-0.3, -0.25) is 9.59 Å². The van der Waals surface area contributed by atoms with Crippen molar-refractivity contribution in [2.24, 2.45) is 23.7 Å². The molecule has 2 aliphatic carbocycles. The van der Waals surface area contributed by atoms with Crippen molar-refractivity contribution in [3.63, 3.8) is 0 Å². The van der Waals surface area contributed by atoms with Gasteiger partial charge in [-0.25, -0.2) is 19.6 Å². The smallest absolute Gasteiger partial charge is 0.407 e. The predicted molar refractivity (Wildman–Crippen MR) is 230 cm³/mol. The van der Waals surface area contributed by atoms with Crippen LogP contribution in [0.15, 0.2) is 60.8 Å². The number of nitrogens with zero attached hydrogens (tertiary/aromatic N) is 4. The molecule has 4 amide bonds. The number of carbonyl (C=O) groups excluding carboxylic acids is 4. The van der Waals surface area contributed by atoms with Gasteiger partial charge in [-0.1, -0.05) is 56.3 Å². The summed E-state index contributed by atoms with van der Waals surface area (Å²) in [6, 6.07) is 17.5. The SMILES string of the molecule is COC(=O)NC(C(=O)N1[C@@H]2CC[C@@H](C2)[C@H]1c1ncc(-c2ccc(-c3ccc4c(ccc5nc([C@@H]6C[C@H]7C[C@H]7N6C(=O)[C@@H](NC(=O)OC)C6CCOCC6)[nH]c54)c3)cc2)[nH]1)C(C)C. The number of aromatic nitrogens is 4. The van der Waals surface area contributed by atoms with Crippen LogP contribution in [0.3, 0.4) is 0 Å². The number of likely N-dealkylation sites (tertiary alicyclic amines) is 2. The van der Waals surface area contributed by atoms with Crippen molar-refractivity contribution in [2.75, 3.05) is 27.4 Å². The van der Waals surface area contributed by atoms with Crippen molar-refractivity contribution < 1.29 is 33.4 Å². The third-order valence-corrected chi connectivity index (χ3v) is 14.3. The van der Waals surface area contributed by atoms with E-state index >= 15 is 0 Å². The standard InChI is InChI=1S/C47H54N8O7/c1-24(2)38(52-46(58)60-3)44(56)54-32-12-9-30(20-32)41(54)43-48-23-35(50-43)26-7-5-25(6-8-26)28-10-13-33-29(19-28)11-14-34-40(33)51-42(49-34)37-22-31-21-36(31)55(37)45(57)39(53-47(59)61-4)27-15-17-62-18-16-27/h5-8,10-11,13-14,19,23-24,27,30-32,36-39,41H,9,12,15-18,20-22H2,1-4H3,(H,48,50)(H,49,51)(H,52,58)(H,53,59)/t30-,31+,32+,36+,37-,38?,39-,41-/m0/s1. The van der Waals surface area contributed by atoms with Crippen LogP contribution in [0.1, 0.15) is 82.5 Å². The number of ether oxygens (including phenoxy) is 3. The second kappa shape index (κ2) is 16.1. The lowest BCUT2D eigenvalue weighted by molar-refractivity contribution is -0.139. The highest BCUT2D eigenvalue weighted by Crippen LogP contribution is 2.54. The molecule has 3 aromatic carbocycles. The number of imidazole rings is 2. The van der Waals surface area contributed by atoms with Crippen LogP contribution in [0, 0.1) is 23.7 Å². The molecule has 1 unspecified atom stereocenters. The van der Waals surface area contributed by atoms with Gasteiger partial charge in [-0.05, 0) is 103 Å². The Bertz CT molecular complexity index is 2530. The number of hydrogen-bond acceptors (Lipinski definition) is 9. The molecule has 0 radical (unpaired) electrons. The number of methoxy groups -OCH3 is 2. The third kappa shape index (κ3) is 7.13. The average molecular weight is 843 g/mol. The molecule has 2 bridgehead atoms. The molecular formula is C47H54N8O7. The minimum absolute atomic E-state index is 0.0262. The summed E-state index contributed by atoms with van der Waals surface area (Å²) in [5.74, 6) is 1.98. The van der Waals surface area contributed by atoms with Crippen LogP contribution in [0.5, 0.6) is 0 Å². The summed E-state index contributed by atoms with van der Waals surface area (Å²) in [6.45, 7) is 4.99. The topological polar surface area (TPSA) is 184 Å². The zero-order valence-corrected chi connectivity index (χ0v) is 35.6. The summed E-state index contributed by atoms with van der Waals surface area (Å²) in [5, 5.41) is 7.76. The van der Waals surface area contributed by atoms with Crippen LogP contribution in [0.25, 0.3) is 44.2 Å². The molecule has 8 atom stereocenters. The molecule has 2 saturated carbocycles. The largest absolute Gasteiger partial charge is 0.453 e. The van der Waals surface area contributed by atoms with Gasteiger partial charge in [0.15, 0.2) is 0 Å². The van der Waals surface area contributed by atoms with Crippen LogP contribution < -0.4 is 10.6 Å². The molecule has 5 aliphatic rings. The van der Waals surface area contributed by atoms with Gasteiger partial charge in [0.1, 0.15) is 23.7 Å². The number of piperidine rings is 2. The van der Waals surface area contributed by atoms with Crippen LogP contribution >= 0.6 is 0 Å². The Labute approximate surface area is 359 Å². The summed E-state index contributed by atoms with van der Waals surface area (Å²) >= 11 is 0. The summed E-state index contributed by atoms with van der Waals surface area (Å²) in [7, 11) is 2.63. The highest BCUT2D eigenvalue weighted by atomic mass is 16.5. The summed E-state index contributed by atoms with van der Waals surface area (Å²) in [5.41, 5.74) is 5.80. The quantitative estimate of drug-likeness (QED) is 0.115. The Morgan fingerprint density at radius 2 is 1.52 bits per heavy atom. The molecule has 15 heteroatoms. The van der Waals surface area contributed by atoms with E-state index in [0.717, 1.165) is 87.9 Å². The number of amides is 4. The zero-order valence-electron chi connectivity index (χ0n) is 35.6. The second-order valence-corrected chi connectivity index (χ2v) is 18.2. The summed E-state index contributed by atoms with van der Waals surface area (Å²) < 4.78 is 15.3. The lowest BCUT2D eigenvalue weighted by atomic mass is 9.90. The maximum atomic E-state index is 14.3. The number of benzene rings is 3. The normalized spacial score (nSPS) is 25.2. The first kappa shape index (κ1) is 40.1. The highest BCUT2D eigenvalue weighted by Gasteiger charge is 2.57. The number of aromatic amines is 2. The second-order valence-electron chi connectivity index (χ2n) is 18.2. The predicted octanol–water partition coefficient (Wildman–Crippen LogP) is 7.02. The van der Waals surface area contributed by atoms with E-state index in [-0.39, 0.29) is 47.8 Å². The van der Waals surface area contributed by atoms with E-state index in [9.17, 15) is 19.2 Å². The number of alkyl carbamates (subject to hydrolysis) is 2. The molecule has 2 aromatic heterocycles. The molecule has 5 fully saturated rings. The Hall–Kier alpha value is -5.96. The molecule has 4 N–H and O–H groups in total. The Balaban J connectivity index is 0.867. The van der Waals surface area contributed by atoms with Crippen LogP contribution in [-0.4, -0.2) is 105 Å². The molecule has 324 valence electrons. The van der Waals surface area contributed by atoms with Crippen LogP contribution in [0.2, 0.25) is 0 Å². The molecule has 3 saturated heterocycles. The number of nitrogens with one attached hydrogen (secondary N) is 4. The fourth-order valence-electron chi connectivity index (χ4n) is 11.0. The van der Waals surface area contributed by atoms with E-state index in [1.54, 1.807) is 0 Å². The molecular weight excluding hydrogens is 789 g/mol. The summed E-state index contributed by atoms with van der Waals surface area (Å²) in [6.07, 6.45) is 6.76. The van der Waals surface area contributed by atoms with Gasteiger partial charge in [0.25, 0.3) is 0 Å². The molecule has 62 heavy (non-hydrogen) atoms. The molecule has 5 heterocycles. The minimum atomic E-state index is -0.686. The molecule has 15 nitrogen and oxygen atoms in total. The van der Waals surface area contributed by atoms with Crippen molar-refractivity contribution in [3.05, 3.63) is 72.4 Å². The fraction of sp³-hybridized carbons (Fsp3) is 0.489. The maximum absolute atomic E-state index is 14.3. The first-order valence-corrected chi connectivity index (χ1v) is 22.1. The summed E-state index contributed by atoms with van der Waals surface area (Å²) in [4.78, 5) is 73.9. The monoisotopic (exact) mass is 842 g/mol. The van der Waals surface area contributed by atoms with E-state index in [1.807, 2.05) is 35.9 Å². The minimum Gasteiger partial charge on any atom is -0.453 e. The van der Waals surface area contributed by atoms with Gasteiger partial charge in [-0.15, -0.1) is 0 Å². The van der Waals surface area contributed by atoms with Gasteiger partial charge >= 0.3 is 12.2 Å². The molecule has 5 aromatic rings. The van der Waals surface area contributed by atoms with Crippen LogP contribution in [0.4, 0.5) is 9.59 Å². The third-order valence-electron chi connectivity index (χ3n) is 14.3. The lowest BCUT2D eigenvalue weighted by Gasteiger charge is -2.37. The van der Waals surface area contributed by atoms with Crippen molar-refractivity contribution in [3.8, 4) is 22.4 Å². The van der Waals surface area contributed by atoms with Gasteiger partial charge in [0.2, 0.25) is 11.8 Å². The zero-order chi connectivity index (χ0) is 42.8. The van der Waals surface area contributed by atoms with Gasteiger partial charge in [0, 0.05) is 30.7 Å². The Kier molecular flexibility index (Phi) is 10.4. The van der Waals surface area contributed by atoms with Gasteiger partial charge in [0.05, 0.1) is 49.2 Å². The van der Waals surface area contributed by atoms with E-state index < -0.39 is 24.3 Å². The van der Waals surface area contributed by atoms with Crippen molar-refractivity contribution >= 4 is 45.8 Å². The van der Waals surface area contributed by atoms with Crippen molar-refractivity contribution in [1.29, 1.82) is 0 Å². The van der Waals surface area contributed by atoms with E-state index in [0.29, 0.717) is 37.9 Å². The lowest BCUT2D eigenvalue weighted by Crippen LogP contribution is -2.54. The number of fused-ring (bicyclic) bond motifs is 6. The molecule has 3 aliphatic heterocycles. The number of H-pyrrole nitrogens is 2. The van der Waals surface area contributed by atoms with E-state index in [4.69, 9.17) is 24.2 Å². The van der Waals surface area contributed by atoms with Crippen molar-refractivity contribution in [1.82, 2.24) is 40.4 Å². The number of carbonyl (C=O) groups is 4. The number of hydrogen-bond donors (Lipinski definition) is 4. The average Bonchev–Trinajstić information content (AvgIpc) is 3.92. The molecule has 10 rings (SSSR count). The molecule has 0 spiro atoms. The fourth-order valence-corrected chi connectivity index (χ4v) is 11.0. The maximum Gasteiger partial charge on any atom is 0.407 e. The van der Waals surface area contributed by atoms with Crippen LogP contribution in [-0.2, 0) is 23.8 Å². The van der Waals surface area contributed by atoms with Gasteiger partial charge < -0.3 is 44.6 Å². The number of rotatable bonds is 10. The first-order chi connectivity index (χ1) is 30.1. The Morgan fingerprint density at radius 3 is 2.27 bits per heavy atom. The Morgan fingerprint density at radius 1 is 0.774 bits per heavy atom. The van der Waals surface area contributed by atoms with Crippen molar-refractivity contribution in [2.45, 2.75) is 95.0 Å². The van der Waals surface area contributed by atoms with E-state index in [1.165, 1.54) is 14.2 Å². The van der Waals surface area contributed by atoms with Gasteiger partial charge in [-0.2, -0.15) is 0 Å². The first-order valence-electron chi connectivity index (χ1n) is 22.1.